The van der Waals surface area contributed by atoms with Crippen molar-refractivity contribution in [2.45, 2.75) is 6.29 Å². The minimum Gasteiger partial charge on any atom is -0.308 e. The van der Waals surface area contributed by atoms with E-state index in [1.54, 1.807) is 0 Å². The number of hydrogen-bond donors (Lipinski definition) is 0. The highest BCUT2D eigenvalue weighted by atomic mass is 17.4. The summed E-state index contributed by atoms with van der Waals surface area (Å²) in [7, 11) is 0. The summed E-state index contributed by atoms with van der Waals surface area (Å²) in [6, 6.07) is 0. The molecule has 1 aliphatic rings. The molecule has 0 saturated carbocycles. The van der Waals surface area contributed by atoms with Gasteiger partial charge in [0, 0.05) is 0 Å². The highest BCUT2D eigenvalue weighted by Gasteiger charge is 2.26. The van der Waals surface area contributed by atoms with E-state index in [1.807, 2.05) is 0 Å². The molecular formula is C2H3NO5. The minimum absolute atomic E-state index is 0.146. The SMILES string of the molecule is O=[N+]([O-])OCC1OO1. The maximum absolute atomic E-state index is 9.40. The van der Waals surface area contributed by atoms with Gasteiger partial charge in [-0.15, -0.1) is 10.1 Å². The van der Waals surface area contributed by atoms with E-state index in [0.29, 0.717) is 0 Å². The van der Waals surface area contributed by atoms with E-state index < -0.39 is 11.4 Å². The Morgan fingerprint density at radius 1 is 1.75 bits per heavy atom. The minimum atomic E-state index is -0.898. The molecule has 1 rings (SSSR count). The Morgan fingerprint density at radius 2 is 2.38 bits per heavy atom. The molecule has 0 spiro atoms. The molecule has 46 valence electrons. The van der Waals surface area contributed by atoms with Crippen molar-refractivity contribution in [3.05, 3.63) is 10.1 Å². The molecule has 8 heavy (non-hydrogen) atoms. The van der Waals surface area contributed by atoms with Crippen molar-refractivity contribution in [1.29, 1.82) is 0 Å². The third kappa shape index (κ3) is 1.71. The fraction of sp³-hybridized carbons (Fsp3) is 1.00. The molecule has 6 heteroatoms. The van der Waals surface area contributed by atoms with Crippen molar-refractivity contribution in [2.75, 3.05) is 6.61 Å². The fourth-order valence-electron chi connectivity index (χ4n) is 0.217. The van der Waals surface area contributed by atoms with Crippen LogP contribution in [0.1, 0.15) is 0 Å². The summed E-state index contributed by atoms with van der Waals surface area (Å²) in [6.45, 7) is -0.146. The van der Waals surface area contributed by atoms with Gasteiger partial charge in [0.05, 0.1) is 0 Å². The van der Waals surface area contributed by atoms with E-state index >= 15 is 0 Å². The Labute approximate surface area is 44.0 Å². The summed E-state index contributed by atoms with van der Waals surface area (Å²) in [6.07, 6.45) is -0.527. The van der Waals surface area contributed by atoms with Gasteiger partial charge in [0.15, 0.2) is 6.61 Å². The van der Waals surface area contributed by atoms with Gasteiger partial charge in [-0.1, -0.05) is 0 Å². The van der Waals surface area contributed by atoms with E-state index in [9.17, 15) is 10.1 Å². The van der Waals surface area contributed by atoms with Crippen molar-refractivity contribution >= 4 is 0 Å². The predicted molar refractivity (Wildman–Crippen MR) is 18.9 cm³/mol. The molecule has 0 aromatic carbocycles. The molecular weight excluding hydrogens is 118 g/mol. The van der Waals surface area contributed by atoms with E-state index in [1.165, 1.54) is 0 Å². The van der Waals surface area contributed by atoms with Crippen molar-refractivity contribution < 1.29 is 19.7 Å². The van der Waals surface area contributed by atoms with Crippen LogP contribution in [0, 0.1) is 10.1 Å². The maximum atomic E-state index is 9.40. The average molecular weight is 121 g/mol. The second kappa shape index (κ2) is 1.93. The van der Waals surface area contributed by atoms with Gasteiger partial charge in [0.25, 0.3) is 5.09 Å². The molecule has 0 amide bonds. The van der Waals surface area contributed by atoms with E-state index in [-0.39, 0.29) is 6.61 Å². The van der Waals surface area contributed by atoms with Crippen LogP contribution in [0.15, 0.2) is 0 Å². The third-order valence-corrected chi connectivity index (χ3v) is 0.548. The first-order valence-electron chi connectivity index (χ1n) is 1.88. The van der Waals surface area contributed by atoms with Crippen molar-refractivity contribution in [2.24, 2.45) is 0 Å². The maximum Gasteiger partial charge on any atom is 0.294 e. The van der Waals surface area contributed by atoms with Crippen LogP contribution in [0.3, 0.4) is 0 Å². The van der Waals surface area contributed by atoms with Crippen LogP contribution in [0.2, 0.25) is 0 Å². The molecule has 0 radical (unpaired) electrons. The first kappa shape index (κ1) is 5.26. The summed E-state index contributed by atoms with van der Waals surface area (Å²) in [5, 5.41) is 8.51. The standard InChI is InChI=1S/C2H3NO5/c4-3(5)6-1-2-7-8-2/h2H,1H2. The Morgan fingerprint density at radius 3 is 2.75 bits per heavy atom. The van der Waals surface area contributed by atoms with Gasteiger partial charge in [0.1, 0.15) is 0 Å². The first-order valence-corrected chi connectivity index (χ1v) is 1.88. The van der Waals surface area contributed by atoms with E-state index in [4.69, 9.17) is 0 Å². The van der Waals surface area contributed by atoms with E-state index in [2.05, 4.69) is 14.6 Å². The Bertz CT molecular complexity index is 98.6. The smallest absolute Gasteiger partial charge is 0.294 e. The lowest BCUT2D eigenvalue weighted by Gasteiger charge is -1.86. The van der Waals surface area contributed by atoms with Crippen LogP contribution in [-0.2, 0) is 14.6 Å². The van der Waals surface area contributed by atoms with Gasteiger partial charge in [-0.3, -0.25) is 0 Å². The second-order valence-electron chi connectivity index (χ2n) is 1.14. The Balaban J connectivity index is 1.95. The average Bonchev–Trinajstić information content (AvgIpc) is 2.41. The molecule has 0 unspecified atom stereocenters. The lowest BCUT2D eigenvalue weighted by atomic mass is 10.7. The molecule has 1 fully saturated rings. The zero-order chi connectivity index (χ0) is 5.98. The van der Waals surface area contributed by atoms with Crippen molar-refractivity contribution in [1.82, 2.24) is 0 Å². The van der Waals surface area contributed by atoms with Crippen LogP contribution >= 0.6 is 0 Å². The monoisotopic (exact) mass is 121 g/mol. The second-order valence-corrected chi connectivity index (χ2v) is 1.14. The zero-order valence-corrected chi connectivity index (χ0v) is 3.77. The van der Waals surface area contributed by atoms with Gasteiger partial charge in [-0.05, 0) is 0 Å². The van der Waals surface area contributed by atoms with Crippen LogP contribution in [0.5, 0.6) is 0 Å². The van der Waals surface area contributed by atoms with Crippen molar-refractivity contribution in [3.8, 4) is 0 Å². The number of nitrogens with zero attached hydrogens (tertiary/aromatic N) is 1. The van der Waals surface area contributed by atoms with Gasteiger partial charge < -0.3 is 4.84 Å². The lowest BCUT2D eigenvalue weighted by molar-refractivity contribution is -0.758. The normalized spacial score (nSPS) is 18.0. The largest absolute Gasteiger partial charge is 0.308 e. The summed E-state index contributed by atoms with van der Waals surface area (Å²) in [5.74, 6) is 0. The molecule has 1 heterocycles. The van der Waals surface area contributed by atoms with Crippen LogP contribution in [0.25, 0.3) is 0 Å². The fourth-order valence-corrected chi connectivity index (χ4v) is 0.217. The lowest BCUT2D eigenvalue weighted by Crippen LogP contribution is -2.06. The molecule has 6 nitrogen and oxygen atoms in total. The molecule has 0 N–H and O–H groups in total. The summed E-state index contributed by atoms with van der Waals surface area (Å²) in [4.78, 5) is 21.5. The van der Waals surface area contributed by atoms with Gasteiger partial charge in [-0.25, -0.2) is 0 Å². The number of hydrogen-bond acceptors (Lipinski definition) is 5. The van der Waals surface area contributed by atoms with Crippen molar-refractivity contribution in [3.63, 3.8) is 0 Å². The topological polar surface area (TPSA) is 77.4 Å². The quantitative estimate of drug-likeness (QED) is 0.217. The van der Waals surface area contributed by atoms with Gasteiger partial charge in [0.2, 0.25) is 6.29 Å². The highest BCUT2D eigenvalue weighted by molar-refractivity contribution is 4.38. The van der Waals surface area contributed by atoms with Gasteiger partial charge >= 0.3 is 0 Å². The zero-order valence-electron chi connectivity index (χ0n) is 3.77. The molecule has 0 aromatic rings. The molecule has 0 bridgehead atoms. The molecule has 0 atom stereocenters. The van der Waals surface area contributed by atoms with Crippen LogP contribution in [0.4, 0.5) is 0 Å². The highest BCUT2D eigenvalue weighted by Crippen LogP contribution is 2.10. The van der Waals surface area contributed by atoms with Crippen LogP contribution in [-0.4, -0.2) is 18.0 Å². The number of rotatable bonds is 3. The molecule has 1 aliphatic heterocycles. The predicted octanol–water partition coefficient (Wildman–Crippen LogP) is -0.517. The van der Waals surface area contributed by atoms with E-state index in [0.717, 1.165) is 0 Å². The summed E-state index contributed by atoms with van der Waals surface area (Å²) < 4.78 is 0. The Kier molecular flexibility index (Phi) is 1.27. The van der Waals surface area contributed by atoms with Gasteiger partial charge in [-0.2, -0.15) is 9.78 Å². The summed E-state index contributed by atoms with van der Waals surface area (Å²) >= 11 is 0. The molecule has 1 saturated heterocycles. The summed E-state index contributed by atoms with van der Waals surface area (Å²) in [5.41, 5.74) is 0. The molecule has 0 aliphatic carbocycles. The Hall–Kier alpha value is -0.880. The first-order chi connectivity index (χ1) is 3.79. The third-order valence-electron chi connectivity index (χ3n) is 0.548. The van der Waals surface area contributed by atoms with Crippen LogP contribution < -0.4 is 0 Å². The molecule has 0 aromatic heterocycles.